The van der Waals surface area contributed by atoms with E-state index in [0.717, 1.165) is 0 Å². The molecule has 4 rings (SSSR count). The zero-order valence-corrected chi connectivity index (χ0v) is 17.1. The number of alkyl halides is 6. The molecule has 0 unspecified atom stereocenters. The number of rotatable bonds is 3. The van der Waals surface area contributed by atoms with Gasteiger partial charge in [-0.25, -0.2) is 15.0 Å². The zero-order chi connectivity index (χ0) is 24.7. The smallest absolute Gasteiger partial charge is 0.416 e. The number of aliphatic hydroxyl groups excluding tert-OH is 1. The average molecular weight is 479 g/mol. The number of aliphatic hydroxyl groups is 1. The highest BCUT2D eigenvalue weighted by atomic mass is 19.4. The topological polar surface area (TPSA) is 79.1 Å². The number of hydrogen-bond acceptors (Lipinski definition) is 5. The minimum absolute atomic E-state index is 0.00974. The fourth-order valence-electron chi connectivity index (χ4n) is 3.38. The van der Waals surface area contributed by atoms with E-state index in [1.807, 2.05) is 0 Å². The van der Waals surface area contributed by atoms with Crippen molar-refractivity contribution in [2.24, 2.45) is 0 Å². The minimum atomic E-state index is -5.05. The van der Waals surface area contributed by atoms with Crippen LogP contribution in [0.4, 0.5) is 26.3 Å². The van der Waals surface area contributed by atoms with Gasteiger partial charge in [-0.3, -0.25) is 0 Å². The molecule has 3 aromatic rings. The summed E-state index contributed by atoms with van der Waals surface area (Å²) in [7, 11) is 0. The van der Waals surface area contributed by atoms with Gasteiger partial charge in [0.25, 0.3) is 0 Å². The van der Waals surface area contributed by atoms with Gasteiger partial charge in [-0.2, -0.15) is 26.3 Å². The number of benzene rings is 2. The molecule has 34 heavy (non-hydrogen) atoms. The number of halogens is 6. The molecule has 0 amide bonds. The molecule has 0 atom stereocenters. The molecule has 2 N–H and O–H groups in total. The molecule has 2 aromatic carbocycles. The molecule has 11 heteroatoms. The first kappa shape index (κ1) is 23.3. The molecule has 0 radical (unpaired) electrons. The second-order valence-electron chi connectivity index (χ2n) is 7.42. The molecule has 0 fully saturated rings. The summed E-state index contributed by atoms with van der Waals surface area (Å²) in [4.78, 5) is 12.4. The van der Waals surface area contributed by atoms with E-state index in [1.54, 1.807) is 12.1 Å². The van der Waals surface area contributed by atoms with Gasteiger partial charge in [-0.1, -0.05) is 18.2 Å². The Balaban J connectivity index is 2.00. The molecule has 0 saturated heterocycles. The van der Waals surface area contributed by atoms with Gasteiger partial charge in [-0.05, 0) is 49.2 Å². The Bertz CT molecular complexity index is 1280. The zero-order valence-electron chi connectivity index (χ0n) is 17.1. The predicted molar refractivity (Wildman–Crippen MR) is 110 cm³/mol. The van der Waals surface area contributed by atoms with Crippen LogP contribution < -0.4 is 0 Å². The highest BCUT2D eigenvalue weighted by Gasteiger charge is 2.37. The van der Waals surface area contributed by atoms with Crippen molar-refractivity contribution in [1.29, 1.82) is 0 Å². The summed E-state index contributed by atoms with van der Waals surface area (Å²) >= 11 is 0. The van der Waals surface area contributed by atoms with Crippen molar-refractivity contribution in [1.82, 2.24) is 15.0 Å². The van der Waals surface area contributed by atoms with E-state index >= 15 is 0 Å². The highest BCUT2D eigenvalue weighted by Crippen LogP contribution is 2.39. The Morgan fingerprint density at radius 1 is 0.735 bits per heavy atom. The lowest BCUT2D eigenvalue weighted by Crippen LogP contribution is -2.12. The summed E-state index contributed by atoms with van der Waals surface area (Å²) in [6.45, 7) is 0. The third-order valence-electron chi connectivity index (χ3n) is 5.04. The maximum Gasteiger partial charge on any atom is 0.416 e. The monoisotopic (exact) mass is 479 g/mol. The van der Waals surface area contributed by atoms with E-state index in [4.69, 9.17) is 0 Å². The van der Waals surface area contributed by atoms with Crippen LogP contribution in [0.2, 0.25) is 0 Å². The summed E-state index contributed by atoms with van der Waals surface area (Å²) < 4.78 is 80.2. The molecule has 1 aliphatic carbocycles. The van der Waals surface area contributed by atoms with E-state index in [2.05, 4.69) is 15.0 Å². The normalized spacial score (nSPS) is 14.5. The Labute approximate surface area is 188 Å². The molecule has 0 saturated carbocycles. The summed E-state index contributed by atoms with van der Waals surface area (Å²) in [5.41, 5.74) is -3.27. The van der Waals surface area contributed by atoms with Crippen molar-refractivity contribution >= 4 is 5.57 Å². The van der Waals surface area contributed by atoms with Gasteiger partial charge in [0.1, 0.15) is 11.5 Å². The second-order valence-corrected chi connectivity index (χ2v) is 7.42. The minimum Gasteiger partial charge on any atom is -0.508 e. The van der Waals surface area contributed by atoms with Gasteiger partial charge in [0.15, 0.2) is 17.5 Å². The van der Waals surface area contributed by atoms with E-state index < -0.39 is 34.9 Å². The lowest BCUT2D eigenvalue weighted by molar-refractivity contribution is -0.143. The number of aromatic hydroxyl groups is 1. The van der Waals surface area contributed by atoms with E-state index in [1.165, 1.54) is 24.3 Å². The van der Waals surface area contributed by atoms with Crippen LogP contribution in [-0.4, -0.2) is 25.2 Å². The van der Waals surface area contributed by atoms with Crippen LogP contribution in [-0.2, 0) is 12.4 Å². The number of aromatic nitrogens is 3. The van der Waals surface area contributed by atoms with Gasteiger partial charge in [0, 0.05) is 11.1 Å². The molecule has 5 nitrogen and oxygen atoms in total. The Kier molecular flexibility index (Phi) is 5.80. The number of phenols is 1. The molecule has 1 aliphatic rings. The number of nitrogens with zero attached hydrogens (tertiary/aromatic N) is 3. The van der Waals surface area contributed by atoms with Gasteiger partial charge in [-0.15, -0.1) is 0 Å². The second kappa shape index (κ2) is 8.47. The maximum absolute atomic E-state index is 13.4. The summed E-state index contributed by atoms with van der Waals surface area (Å²) in [5, 5.41) is 20.5. The average Bonchev–Trinajstić information content (AvgIpc) is 2.78. The Morgan fingerprint density at radius 2 is 1.32 bits per heavy atom. The molecular formula is C23H15F6N3O2. The largest absolute Gasteiger partial charge is 0.508 e. The summed E-state index contributed by atoms with van der Waals surface area (Å²) in [5.74, 6) is -1.23. The molecule has 0 aliphatic heterocycles. The van der Waals surface area contributed by atoms with Gasteiger partial charge in [0.2, 0.25) is 0 Å². The lowest BCUT2D eigenvalue weighted by atomic mass is 10.0. The van der Waals surface area contributed by atoms with E-state index in [-0.39, 0.29) is 46.8 Å². The molecule has 0 bridgehead atoms. The van der Waals surface area contributed by atoms with Crippen molar-refractivity contribution in [3.63, 3.8) is 0 Å². The van der Waals surface area contributed by atoms with E-state index in [9.17, 15) is 36.6 Å². The third kappa shape index (κ3) is 4.73. The SMILES string of the molecule is OC1=C(c2nc(-c3cc(C(F)(F)F)cc(C(F)(F)F)c3)nc(-c3ccccc3O)n2)CCC=C1. The van der Waals surface area contributed by atoms with Crippen molar-refractivity contribution in [3.8, 4) is 28.5 Å². The Morgan fingerprint density at radius 3 is 1.91 bits per heavy atom. The third-order valence-corrected chi connectivity index (χ3v) is 5.04. The van der Waals surface area contributed by atoms with Crippen LogP contribution in [0, 0.1) is 0 Å². The van der Waals surface area contributed by atoms with Crippen LogP contribution in [0.25, 0.3) is 28.3 Å². The van der Waals surface area contributed by atoms with Crippen molar-refractivity contribution in [2.75, 3.05) is 0 Å². The number of hydrogen-bond donors (Lipinski definition) is 2. The first-order valence-corrected chi connectivity index (χ1v) is 9.87. The predicted octanol–water partition coefficient (Wildman–Crippen LogP) is 6.57. The highest BCUT2D eigenvalue weighted by molar-refractivity contribution is 5.72. The van der Waals surface area contributed by atoms with Crippen LogP contribution in [0.1, 0.15) is 29.8 Å². The van der Waals surface area contributed by atoms with E-state index in [0.29, 0.717) is 18.6 Å². The molecular weight excluding hydrogens is 464 g/mol. The molecule has 1 heterocycles. The van der Waals surface area contributed by atoms with Crippen LogP contribution in [0.3, 0.4) is 0 Å². The van der Waals surface area contributed by atoms with Crippen LogP contribution >= 0.6 is 0 Å². The van der Waals surface area contributed by atoms with Gasteiger partial charge < -0.3 is 10.2 Å². The number of para-hydroxylation sites is 1. The first-order chi connectivity index (χ1) is 15.9. The van der Waals surface area contributed by atoms with Crippen molar-refractivity contribution in [2.45, 2.75) is 25.2 Å². The fourth-order valence-corrected chi connectivity index (χ4v) is 3.38. The quantitative estimate of drug-likeness (QED) is 0.416. The van der Waals surface area contributed by atoms with Gasteiger partial charge >= 0.3 is 12.4 Å². The van der Waals surface area contributed by atoms with Gasteiger partial charge in [0.05, 0.1) is 16.7 Å². The standard InChI is InChI=1S/C23H15F6N3O2/c24-22(25,26)13-9-12(10-14(11-13)23(27,28)29)19-30-20(15-5-1-3-7-17(15)33)32-21(31-19)16-6-2-4-8-18(16)34/h1,3-5,7-11,33-34H,2,6H2. The number of allylic oxidation sites excluding steroid dienone is 3. The maximum atomic E-state index is 13.4. The van der Waals surface area contributed by atoms with Crippen molar-refractivity contribution in [3.05, 3.63) is 77.3 Å². The van der Waals surface area contributed by atoms with Crippen LogP contribution in [0.15, 0.2) is 60.4 Å². The first-order valence-electron chi connectivity index (χ1n) is 9.87. The summed E-state index contributed by atoms with van der Waals surface area (Å²) in [6, 6.07) is 6.85. The summed E-state index contributed by atoms with van der Waals surface area (Å²) in [6.07, 6.45) is -6.24. The van der Waals surface area contributed by atoms with Crippen molar-refractivity contribution < 1.29 is 36.6 Å². The lowest BCUT2D eigenvalue weighted by Gasteiger charge is -2.16. The molecule has 176 valence electrons. The Hall–Kier alpha value is -3.89. The molecule has 1 aromatic heterocycles. The van der Waals surface area contributed by atoms with Crippen LogP contribution in [0.5, 0.6) is 5.75 Å². The fraction of sp³-hybridized carbons (Fsp3) is 0.174. The number of phenolic OH excluding ortho intramolecular Hbond substituents is 1. The molecule has 0 spiro atoms.